The first-order valence-corrected chi connectivity index (χ1v) is 29.4. The summed E-state index contributed by atoms with van der Waals surface area (Å²) >= 11 is -1.88. The first-order chi connectivity index (χ1) is 29.1. The molecule has 1 aliphatic heterocycles. The Balaban J connectivity index is 0.000000166. The zero-order valence-electron chi connectivity index (χ0n) is 36.1. The Morgan fingerprint density at radius 2 is 1.59 bits per heavy atom. The Hall–Kier alpha value is -4.55. The predicted molar refractivity (Wildman–Crippen MR) is 249 cm³/mol. The molecule has 3 unspecified atom stereocenters. The number of benzene rings is 4. The van der Waals surface area contributed by atoms with Crippen molar-refractivity contribution >= 4 is 45.2 Å². The molecule has 4 nitrogen and oxygen atoms in total. The minimum absolute atomic E-state index is 0. The third kappa shape index (κ3) is 8.03. The zero-order valence-corrected chi connectivity index (χ0v) is 40.6. The Morgan fingerprint density at radius 3 is 2.34 bits per heavy atom. The molecule has 61 heavy (non-hydrogen) atoms. The van der Waals surface area contributed by atoms with Gasteiger partial charge in [0.1, 0.15) is 5.58 Å². The molecule has 4 aliphatic carbocycles. The Kier molecular flexibility index (Phi) is 11.6. The third-order valence-corrected chi connectivity index (χ3v) is 18.4. The van der Waals surface area contributed by atoms with Gasteiger partial charge in [-0.3, -0.25) is 0 Å². The number of allylic oxidation sites excluding steroid dienone is 2. The molecule has 4 aromatic carbocycles. The molecule has 0 N–H and O–H groups in total. The number of aromatic nitrogens is 2. The van der Waals surface area contributed by atoms with Crippen LogP contribution in [0.2, 0.25) is 17.3 Å². The van der Waals surface area contributed by atoms with Crippen molar-refractivity contribution in [3.05, 3.63) is 161 Å². The molecule has 5 aliphatic rings. The quantitative estimate of drug-likeness (QED) is 0.123. The molecule has 1 radical (unpaired) electrons. The van der Waals surface area contributed by atoms with Gasteiger partial charge in [0.2, 0.25) is 0 Å². The summed E-state index contributed by atoms with van der Waals surface area (Å²) in [7, 11) is 0. The molecular formula is C55H54GeIrN2O2-2. The average molecular weight is 1040 g/mol. The van der Waals surface area contributed by atoms with Gasteiger partial charge >= 0.3 is 146 Å². The number of para-hydroxylation sites is 1. The summed E-state index contributed by atoms with van der Waals surface area (Å²) in [6.45, 7) is 6.58. The first kappa shape index (κ1) is 41.8. The van der Waals surface area contributed by atoms with Gasteiger partial charge in [0, 0.05) is 31.7 Å². The van der Waals surface area contributed by atoms with Crippen molar-refractivity contribution in [2.24, 2.45) is 17.8 Å². The fourth-order valence-electron chi connectivity index (χ4n) is 10.9. The van der Waals surface area contributed by atoms with E-state index < -0.39 is 13.3 Å². The molecule has 3 saturated carbocycles. The van der Waals surface area contributed by atoms with Crippen molar-refractivity contribution < 1.29 is 29.3 Å². The van der Waals surface area contributed by atoms with Crippen molar-refractivity contribution in [2.45, 2.75) is 88.6 Å². The van der Waals surface area contributed by atoms with Crippen LogP contribution in [-0.2, 0) is 26.5 Å². The fraction of sp³-hybridized carbons (Fsp3) is 0.309. The van der Waals surface area contributed by atoms with Crippen LogP contribution >= 0.6 is 0 Å². The van der Waals surface area contributed by atoms with Gasteiger partial charge in [0.05, 0.1) is 5.58 Å². The molecule has 7 aromatic rings. The summed E-state index contributed by atoms with van der Waals surface area (Å²) in [5.74, 6) is 11.2. The molecule has 4 heterocycles. The van der Waals surface area contributed by atoms with Gasteiger partial charge in [-0.2, -0.15) is 0 Å². The molecule has 2 bridgehead atoms. The second-order valence-electron chi connectivity index (χ2n) is 18.8. The van der Waals surface area contributed by atoms with Crippen molar-refractivity contribution in [3.8, 4) is 28.1 Å². The van der Waals surface area contributed by atoms with E-state index in [1.165, 1.54) is 87.3 Å². The van der Waals surface area contributed by atoms with E-state index in [-0.39, 0.29) is 32.1 Å². The third-order valence-electron chi connectivity index (χ3n) is 13.9. The summed E-state index contributed by atoms with van der Waals surface area (Å²) in [6, 6.07) is 35.6. The molecule has 12 rings (SSSR count). The first-order valence-electron chi connectivity index (χ1n) is 22.0. The largest absolute Gasteiger partial charge is 0.500 e. The van der Waals surface area contributed by atoms with Crippen LogP contribution in [0.5, 0.6) is 5.75 Å². The number of ether oxygens (including phenoxy) is 1. The number of hydrogen-bond acceptors (Lipinski definition) is 4. The van der Waals surface area contributed by atoms with Crippen LogP contribution in [0.1, 0.15) is 71.5 Å². The van der Waals surface area contributed by atoms with Crippen LogP contribution in [-0.4, -0.2) is 29.3 Å². The summed E-state index contributed by atoms with van der Waals surface area (Å²) in [6.07, 6.45) is 20.1. The fourth-order valence-corrected chi connectivity index (χ4v) is 14.5. The Bertz CT molecular complexity index is 2810. The Morgan fingerprint density at radius 1 is 0.803 bits per heavy atom. The number of rotatable bonds is 6. The van der Waals surface area contributed by atoms with Crippen molar-refractivity contribution in [1.29, 1.82) is 0 Å². The monoisotopic (exact) mass is 1040 g/mol. The number of hydrogen-bond donors (Lipinski definition) is 0. The minimum atomic E-state index is -1.88. The average Bonchev–Trinajstić information content (AvgIpc) is 3.83. The second-order valence-corrected chi connectivity index (χ2v) is 29.4. The summed E-state index contributed by atoms with van der Waals surface area (Å²) in [5.41, 5.74) is 14.9. The number of fused-ring (bicyclic) bond motifs is 9. The summed E-state index contributed by atoms with van der Waals surface area (Å²) < 4.78 is 14.1. The number of nitrogens with zero attached hydrogens (tertiary/aromatic N) is 2. The van der Waals surface area contributed by atoms with Gasteiger partial charge in [-0.15, -0.1) is 23.8 Å². The maximum absolute atomic E-state index is 6.39. The molecule has 3 aromatic heterocycles. The van der Waals surface area contributed by atoms with Gasteiger partial charge in [-0.05, 0) is 97.4 Å². The molecule has 6 heteroatoms. The van der Waals surface area contributed by atoms with Crippen molar-refractivity contribution in [2.75, 3.05) is 0 Å². The summed E-state index contributed by atoms with van der Waals surface area (Å²) in [5, 5.41) is 2.31. The smallest absolute Gasteiger partial charge is 0.124 e. The van der Waals surface area contributed by atoms with Crippen LogP contribution in [0.15, 0.2) is 120 Å². The van der Waals surface area contributed by atoms with Gasteiger partial charge < -0.3 is 9.40 Å². The van der Waals surface area contributed by atoms with Crippen LogP contribution in [0, 0.1) is 50.7 Å². The van der Waals surface area contributed by atoms with E-state index in [9.17, 15) is 0 Å². The zero-order chi connectivity index (χ0) is 41.1. The molecule has 311 valence electrons. The second kappa shape index (κ2) is 17.0. The summed E-state index contributed by atoms with van der Waals surface area (Å²) in [4.78, 5) is 9.54. The molecule has 0 saturated heterocycles. The molecule has 0 spiro atoms. The molecular weight excluding hydrogens is 985 g/mol. The molecule has 0 amide bonds. The van der Waals surface area contributed by atoms with E-state index in [0.29, 0.717) is 0 Å². The minimum Gasteiger partial charge on any atom is -0.500 e. The van der Waals surface area contributed by atoms with E-state index in [4.69, 9.17) is 19.1 Å². The van der Waals surface area contributed by atoms with Crippen molar-refractivity contribution in [1.82, 2.24) is 9.97 Å². The van der Waals surface area contributed by atoms with Gasteiger partial charge in [-0.25, -0.2) is 0 Å². The maximum Gasteiger partial charge on any atom is 0.124 e. The molecule has 3 atom stereocenters. The van der Waals surface area contributed by atoms with Gasteiger partial charge in [0.25, 0.3) is 0 Å². The SMILES string of the molecule is Cc1cc(C2=[C-]C=CC3c4ccccc4OC23)nc[c]1[Ge]([CH3])([CH3])[CH3].Cc1cc2c(oc3c[c-]c(-c4cc(CC5CC6CCC5CC6)ccn4)cc32)c(C)c1-c1ccccc1.[Ir]. The number of pyridine rings is 2. The normalized spacial score (nSPS) is 21.2. The van der Waals surface area contributed by atoms with Crippen molar-refractivity contribution in [3.63, 3.8) is 0 Å². The van der Waals surface area contributed by atoms with E-state index in [1.807, 2.05) is 30.5 Å². The number of furan rings is 1. The van der Waals surface area contributed by atoms with E-state index in [0.717, 1.165) is 62.6 Å². The maximum atomic E-state index is 6.39. The van der Waals surface area contributed by atoms with E-state index in [2.05, 4.69) is 135 Å². The number of aryl methyl sites for hydroxylation is 3. The van der Waals surface area contributed by atoms with E-state index >= 15 is 0 Å². The Labute approximate surface area is 377 Å². The van der Waals surface area contributed by atoms with Crippen LogP contribution in [0.3, 0.4) is 0 Å². The molecule has 3 fully saturated rings. The topological polar surface area (TPSA) is 48.2 Å². The van der Waals surface area contributed by atoms with Gasteiger partial charge in [-0.1, -0.05) is 60.2 Å². The standard InChI is InChI=1S/C34H32NO.C21H22GeNO.Ir/c1-21-16-30-29-20-27(12-13-32(29)36-34(30)22(2)33(21)26-6-4-3-5-7-26)31-19-24(14-15-35-31)18-28-17-23-8-10-25(28)11-9-23;1-14-12-19(23-13-18(14)22(2,3)4)17-10-7-9-16-15-8-5-6-11-20(15)24-21(16)17;/h3-7,13-16,19-20,23,25,28H,8-11,17-18H2,1-2H3;5-9,11-13,16,21H,1-4H3;/q2*-1;. The van der Waals surface area contributed by atoms with Gasteiger partial charge in [0.15, 0.2) is 0 Å². The predicted octanol–water partition coefficient (Wildman–Crippen LogP) is 13.3. The van der Waals surface area contributed by atoms with Crippen LogP contribution in [0.25, 0.3) is 49.9 Å². The van der Waals surface area contributed by atoms with Crippen LogP contribution in [0.4, 0.5) is 0 Å². The van der Waals surface area contributed by atoms with E-state index in [1.54, 1.807) is 0 Å². The van der Waals surface area contributed by atoms with Crippen LogP contribution < -0.4 is 9.13 Å².